The van der Waals surface area contributed by atoms with Crippen LogP contribution in [0, 0.1) is 11.6 Å². The number of nitrogens with one attached hydrogen (secondary N) is 1. The first-order chi connectivity index (χ1) is 8.88. The number of benzene rings is 1. The van der Waals surface area contributed by atoms with Crippen LogP contribution in [0.1, 0.15) is 37.0 Å². The summed E-state index contributed by atoms with van der Waals surface area (Å²) in [4.78, 5) is 12.2. The van der Waals surface area contributed by atoms with Crippen molar-refractivity contribution in [2.24, 2.45) is 5.73 Å². The van der Waals surface area contributed by atoms with E-state index in [0.717, 1.165) is 6.07 Å². The van der Waals surface area contributed by atoms with Crippen molar-refractivity contribution in [1.82, 2.24) is 5.32 Å². The second kappa shape index (κ2) is 6.06. The van der Waals surface area contributed by atoms with Gasteiger partial charge in [0, 0.05) is 0 Å². The van der Waals surface area contributed by atoms with Gasteiger partial charge in [-0.25, -0.2) is 8.78 Å². The topological polar surface area (TPSA) is 55.1 Å². The molecule has 0 atom stereocenters. The Bertz CT molecular complexity index is 501. The molecule has 1 rings (SSSR count). The van der Waals surface area contributed by atoms with Crippen molar-refractivity contribution in [3.8, 4) is 0 Å². The molecule has 1 aromatic carbocycles. The average Bonchev–Trinajstić information content (AvgIpc) is 2.38. The molecule has 104 valence electrons. The third-order valence-electron chi connectivity index (χ3n) is 3.23. The van der Waals surface area contributed by atoms with Crippen LogP contribution in [0.25, 0.3) is 0 Å². The van der Waals surface area contributed by atoms with Gasteiger partial charge in [0.1, 0.15) is 0 Å². The van der Waals surface area contributed by atoms with Crippen molar-refractivity contribution in [3.05, 3.63) is 35.4 Å². The molecule has 3 N–H and O–H groups in total. The minimum absolute atomic E-state index is 0.127. The fourth-order valence-electron chi connectivity index (χ4n) is 1.80. The number of rotatable bonds is 5. The number of hydrogen-bond donors (Lipinski definition) is 2. The molecule has 1 amide bonds. The van der Waals surface area contributed by atoms with E-state index in [1.165, 1.54) is 12.1 Å². The van der Waals surface area contributed by atoms with Gasteiger partial charge in [-0.05, 0) is 25.0 Å². The minimum Gasteiger partial charge on any atom is -0.391 e. The Morgan fingerprint density at radius 2 is 1.95 bits per heavy atom. The van der Waals surface area contributed by atoms with Crippen LogP contribution >= 0.6 is 12.2 Å². The van der Waals surface area contributed by atoms with Crippen LogP contribution in [0.15, 0.2) is 18.2 Å². The van der Waals surface area contributed by atoms with Gasteiger partial charge >= 0.3 is 0 Å². The van der Waals surface area contributed by atoms with Gasteiger partial charge in [0.25, 0.3) is 5.91 Å². The quantitative estimate of drug-likeness (QED) is 0.818. The van der Waals surface area contributed by atoms with E-state index in [1.807, 2.05) is 13.8 Å². The maximum atomic E-state index is 13.5. The van der Waals surface area contributed by atoms with E-state index in [0.29, 0.717) is 12.8 Å². The van der Waals surface area contributed by atoms with Crippen molar-refractivity contribution in [2.45, 2.75) is 32.2 Å². The highest BCUT2D eigenvalue weighted by Gasteiger charge is 2.32. The lowest BCUT2D eigenvalue weighted by Gasteiger charge is -2.31. The summed E-state index contributed by atoms with van der Waals surface area (Å²) < 4.78 is 26.6. The molecule has 0 aromatic heterocycles. The van der Waals surface area contributed by atoms with Crippen LogP contribution in [0.3, 0.4) is 0 Å². The van der Waals surface area contributed by atoms with Gasteiger partial charge in [-0.3, -0.25) is 4.79 Å². The standard InChI is InChI=1S/C13H16F2N2OS/c1-3-13(4-2,12(16)19)17-11(18)8-6-5-7-9(14)10(8)15/h5-7H,3-4H2,1-2H3,(H2,16,19)(H,17,18). The van der Waals surface area contributed by atoms with Crippen LogP contribution in [-0.2, 0) is 0 Å². The lowest BCUT2D eigenvalue weighted by Crippen LogP contribution is -2.56. The monoisotopic (exact) mass is 286 g/mol. The van der Waals surface area contributed by atoms with Crippen molar-refractivity contribution in [1.29, 1.82) is 0 Å². The summed E-state index contributed by atoms with van der Waals surface area (Å²) >= 11 is 4.95. The smallest absolute Gasteiger partial charge is 0.255 e. The number of amides is 1. The van der Waals surface area contributed by atoms with Crippen molar-refractivity contribution in [2.75, 3.05) is 0 Å². The maximum absolute atomic E-state index is 13.5. The van der Waals surface area contributed by atoms with Gasteiger partial charge < -0.3 is 11.1 Å². The second-order valence-electron chi connectivity index (χ2n) is 4.21. The molecule has 3 nitrogen and oxygen atoms in total. The fraction of sp³-hybridized carbons (Fsp3) is 0.385. The zero-order valence-corrected chi connectivity index (χ0v) is 11.6. The van der Waals surface area contributed by atoms with Crippen LogP contribution in [0.5, 0.6) is 0 Å². The molecule has 0 bridgehead atoms. The first-order valence-corrected chi connectivity index (χ1v) is 6.35. The zero-order chi connectivity index (χ0) is 14.6. The molecule has 0 radical (unpaired) electrons. The predicted octanol–water partition coefficient (Wildman–Crippen LogP) is 2.54. The van der Waals surface area contributed by atoms with Crippen molar-refractivity contribution in [3.63, 3.8) is 0 Å². The largest absolute Gasteiger partial charge is 0.391 e. The van der Waals surface area contributed by atoms with Crippen molar-refractivity contribution < 1.29 is 13.6 Å². The normalized spacial score (nSPS) is 11.2. The van der Waals surface area contributed by atoms with Crippen LogP contribution in [-0.4, -0.2) is 16.4 Å². The van der Waals surface area contributed by atoms with E-state index in [9.17, 15) is 13.6 Å². The number of halogens is 2. The molecule has 0 saturated heterocycles. The van der Waals surface area contributed by atoms with E-state index in [4.69, 9.17) is 18.0 Å². The lowest BCUT2D eigenvalue weighted by atomic mass is 9.92. The molecule has 0 fully saturated rings. The predicted molar refractivity (Wildman–Crippen MR) is 73.9 cm³/mol. The molecule has 0 aliphatic heterocycles. The molecular weight excluding hydrogens is 270 g/mol. The van der Waals surface area contributed by atoms with Crippen LogP contribution in [0.2, 0.25) is 0 Å². The third kappa shape index (κ3) is 3.07. The molecule has 0 aliphatic rings. The summed E-state index contributed by atoms with van der Waals surface area (Å²) in [7, 11) is 0. The summed E-state index contributed by atoms with van der Waals surface area (Å²) in [6.45, 7) is 3.62. The SMILES string of the molecule is CCC(CC)(NC(=O)c1cccc(F)c1F)C(N)=S. The van der Waals surface area contributed by atoms with E-state index in [-0.39, 0.29) is 10.6 Å². The van der Waals surface area contributed by atoms with Gasteiger partial charge in [-0.2, -0.15) is 0 Å². The number of thiocarbonyl (C=S) groups is 1. The lowest BCUT2D eigenvalue weighted by molar-refractivity contribution is 0.0914. The molecule has 0 saturated carbocycles. The van der Waals surface area contributed by atoms with E-state index in [2.05, 4.69) is 5.32 Å². The first-order valence-electron chi connectivity index (χ1n) is 5.94. The Morgan fingerprint density at radius 1 is 1.37 bits per heavy atom. The van der Waals surface area contributed by atoms with Gasteiger partial charge in [-0.1, -0.05) is 32.1 Å². The molecule has 1 aromatic rings. The van der Waals surface area contributed by atoms with Gasteiger partial charge in [0.15, 0.2) is 11.6 Å². The van der Waals surface area contributed by atoms with Gasteiger partial charge in [0.2, 0.25) is 0 Å². The van der Waals surface area contributed by atoms with Gasteiger partial charge in [0.05, 0.1) is 16.1 Å². The summed E-state index contributed by atoms with van der Waals surface area (Å²) in [5, 5.41) is 2.60. The summed E-state index contributed by atoms with van der Waals surface area (Å²) in [6, 6.07) is 3.43. The van der Waals surface area contributed by atoms with Crippen LogP contribution < -0.4 is 11.1 Å². The van der Waals surface area contributed by atoms with E-state index >= 15 is 0 Å². The van der Waals surface area contributed by atoms with Crippen molar-refractivity contribution >= 4 is 23.1 Å². The third-order valence-corrected chi connectivity index (χ3v) is 3.62. The molecular formula is C13H16F2N2OS. The summed E-state index contributed by atoms with van der Waals surface area (Å²) in [5.74, 6) is -2.97. The van der Waals surface area contributed by atoms with E-state index < -0.39 is 23.1 Å². The minimum atomic E-state index is -1.18. The molecule has 0 unspecified atom stereocenters. The molecule has 0 heterocycles. The number of carbonyl (C=O) groups is 1. The second-order valence-corrected chi connectivity index (χ2v) is 4.65. The molecule has 0 spiro atoms. The highest BCUT2D eigenvalue weighted by molar-refractivity contribution is 7.80. The maximum Gasteiger partial charge on any atom is 0.255 e. The Hall–Kier alpha value is -1.56. The average molecular weight is 286 g/mol. The number of nitrogens with two attached hydrogens (primary N) is 1. The Balaban J connectivity index is 3.08. The molecule has 6 heteroatoms. The fourth-order valence-corrected chi connectivity index (χ4v) is 2.14. The zero-order valence-electron chi connectivity index (χ0n) is 10.8. The Morgan fingerprint density at radius 3 is 2.42 bits per heavy atom. The Kier molecular flexibility index (Phi) is 4.94. The van der Waals surface area contributed by atoms with Crippen LogP contribution in [0.4, 0.5) is 8.78 Å². The Labute approximate surface area is 116 Å². The first kappa shape index (κ1) is 15.5. The summed E-state index contributed by atoms with van der Waals surface area (Å²) in [6.07, 6.45) is 0.947. The molecule has 0 aliphatic carbocycles. The summed E-state index contributed by atoms with van der Waals surface area (Å²) in [5.41, 5.74) is 4.39. The highest BCUT2D eigenvalue weighted by atomic mass is 32.1. The number of hydrogen-bond acceptors (Lipinski definition) is 2. The van der Waals surface area contributed by atoms with E-state index in [1.54, 1.807) is 0 Å². The molecule has 19 heavy (non-hydrogen) atoms. The highest BCUT2D eigenvalue weighted by Crippen LogP contribution is 2.18. The number of carbonyl (C=O) groups excluding carboxylic acids is 1. The van der Waals surface area contributed by atoms with Gasteiger partial charge in [-0.15, -0.1) is 0 Å².